The van der Waals surface area contributed by atoms with E-state index < -0.39 is 45.2 Å². The van der Waals surface area contributed by atoms with Crippen molar-refractivity contribution in [1.82, 2.24) is 24.4 Å². The normalized spacial score (nSPS) is 19.2. The molecule has 2 aromatic carbocycles. The first-order valence-electron chi connectivity index (χ1n) is 12.2. The predicted molar refractivity (Wildman–Crippen MR) is 145 cm³/mol. The largest absolute Gasteiger partial charge is 0.333 e. The first kappa shape index (κ1) is 27.6. The number of benzene rings is 2. The molecule has 0 unspecified atom stereocenters. The van der Waals surface area contributed by atoms with Crippen LogP contribution in [-0.4, -0.2) is 46.5 Å². The van der Waals surface area contributed by atoms with Crippen LogP contribution in [0, 0.1) is 11.6 Å². The molecule has 2 aliphatic heterocycles. The van der Waals surface area contributed by atoms with Gasteiger partial charge >= 0.3 is 6.55 Å². The van der Waals surface area contributed by atoms with E-state index in [9.17, 15) is 26.0 Å². The second-order valence-electron chi connectivity index (χ2n) is 9.24. The van der Waals surface area contributed by atoms with Crippen LogP contribution >= 0.6 is 22.9 Å². The van der Waals surface area contributed by atoms with Crippen molar-refractivity contribution in [2.45, 2.75) is 29.9 Å². The van der Waals surface area contributed by atoms with Crippen molar-refractivity contribution < 1.29 is 26.0 Å². The Bertz CT molecular complexity index is 1790. The number of amidine groups is 1. The Labute approximate surface area is 240 Å². The molecule has 0 saturated carbocycles. The van der Waals surface area contributed by atoms with E-state index in [1.165, 1.54) is 41.7 Å². The molecule has 4 heterocycles. The van der Waals surface area contributed by atoms with Gasteiger partial charge in [0.15, 0.2) is 10.8 Å². The summed E-state index contributed by atoms with van der Waals surface area (Å²) in [6, 6.07) is 8.56. The molecule has 15 heteroatoms. The van der Waals surface area contributed by atoms with Gasteiger partial charge in [-0.05, 0) is 30.3 Å². The molecule has 4 aromatic rings. The summed E-state index contributed by atoms with van der Waals surface area (Å²) in [4.78, 5) is 10.5. The first-order valence-corrected chi connectivity index (χ1v) is 14.9. The number of fused-ring (bicyclic) bond motifs is 1. The number of halogens is 5. The van der Waals surface area contributed by atoms with Crippen LogP contribution in [-0.2, 0) is 10.0 Å². The van der Waals surface area contributed by atoms with Crippen LogP contribution in [0.2, 0.25) is 5.02 Å². The number of rotatable bonds is 7. The van der Waals surface area contributed by atoms with Crippen molar-refractivity contribution in [3.63, 3.8) is 0 Å². The fourth-order valence-corrected chi connectivity index (χ4v) is 7.20. The molecule has 2 aromatic heterocycles. The van der Waals surface area contributed by atoms with Crippen LogP contribution in [0.25, 0.3) is 5.57 Å². The van der Waals surface area contributed by atoms with Crippen LogP contribution < -0.4 is 4.72 Å². The zero-order valence-electron chi connectivity index (χ0n) is 20.8. The van der Waals surface area contributed by atoms with Crippen molar-refractivity contribution in [3.05, 3.63) is 105 Å². The number of hydrogen-bond donors (Lipinski definition) is 1. The van der Waals surface area contributed by atoms with Crippen molar-refractivity contribution in [3.8, 4) is 0 Å². The topological polar surface area (TPSA) is 92.5 Å². The van der Waals surface area contributed by atoms with E-state index in [2.05, 4.69) is 14.8 Å². The third kappa shape index (κ3) is 5.16. The molecule has 0 aliphatic carbocycles. The van der Waals surface area contributed by atoms with Gasteiger partial charge in [0.05, 0.1) is 5.69 Å². The third-order valence-corrected chi connectivity index (χ3v) is 9.32. The number of nitrogens with one attached hydrogen (secondary N) is 1. The van der Waals surface area contributed by atoms with Crippen LogP contribution in [0.4, 0.5) is 17.6 Å². The van der Waals surface area contributed by atoms with Gasteiger partial charge in [-0.2, -0.15) is 13.9 Å². The summed E-state index contributed by atoms with van der Waals surface area (Å²) in [7, 11) is -4.26. The van der Waals surface area contributed by atoms with Crippen LogP contribution in [0.1, 0.15) is 35.3 Å². The lowest BCUT2D eigenvalue weighted by atomic mass is 9.92. The Balaban J connectivity index is 1.50. The van der Waals surface area contributed by atoms with Gasteiger partial charge in [-0.25, -0.2) is 31.6 Å². The van der Waals surface area contributed by atoms with Gasteiger partial charge < -0.3 is 4.90 Å². The minimum absolute atomic E-state index is 0.0619. The van der Waals surface area contributed by atoms with Crippen molar-refractivity contribution in [2.75, 3.05) is 6.54 Å². The fourth-order valence-electron chi connectivity index (χ4n) is 4.98. The maximum atomic E-state index is 14.4. The van der Waals surface area contributed by atoms with Gasteiger partial charge in [-0.3, -0.25) is 4.99 Å². The number of aromatic nitrogens is 3. The molecule has 1 N–H and O–H groups in total. The molecule has 2 aliphatic rings. The van der Waals surface area contributed by atoms with Crippen LogP contribution in [0.15, 0.2) is 81.9 Å². The second kappa shape index (κ2) is 10.7. The Kier molecular flexibility index (Phi) is 7.18. The molecule has 212 valence electrons. The number of sulfonamides is 1. The zero-order chi connectivity index (χ0) is 28.9. The van der Waals surface area contributed by atoms with E-state index in [0.29, 0.717) is 32.4 Å². The number of thiazole rings is 1. The number of nitrogens with zero attached hydrogens (tertiary/aromatic N) is 5. The summed E-state index contributed by atoms with van der Waals surface area (Å²) in [5.41, 5.74) is 1.49. The van der Waals surface area contributed by atoms with E-state index >= 15 is 0 Å². The molecule has 0 amide bonds. The molecule has 2 atom stereocenters. The SMILES string of the molecule is O=S(=O)(N[C@H]1CC2=C(c3ccn(C(F)F)n3)[C@H](c3ccc(F)cc3Cl)N=C(c3nccs3)N2C1)c1ccccc1F. The fraction of sp³-hybridized carbons (Fsp3) is 0.192. The van der Waals surface area contributed by atoms with Crippen LogP contribution in [0.5, 0.6) is 0 Å². The lowest BCUT2D eigenvalue weighted by Gasteiger charge is -2.32. The minimum atomic E-state index is -4.26. The molecular formula is C26H19ClF4N6O2S2. The highest BCUT2D eigenvalue weighted by Gasteiger charge is 2.42. The Morgan fingerprint density at radius 3 is 2.61 bits per heavy atom. The maximum absolute atomic E-state index is 14.4. The zero-order valence-corrected chi connectivity index (χ0v) is 23.1. The quantitative estimate of drug-likeness (QED) is 0.270. The Hall–Kier alpha value is -3.59. The predicted octanol–water partition coefficient (Wildman–Crippen LogP) is 5.63. The molecule has 1 saturated heterocycles. The number of alkyl halides is 2. The lowest BCUT2D eigenvalue weighted by molar-refractivity contribution is 0.0564. The highest BCUT2D eigenvalue weighted by molar-refractivity contribution is 7.89. The summed E-state index contributed by atoms with van der Waals surface area (Å²) in [6.07, 6.45) is 2.79. The van der Waals surface area contributed by atoms with Crippen molar-refractivity contribution in [2.24, 2.45) is 4.99 Å². The van der Waals surface area contributed by atoms with Crippen LogP contribution in [0.3, 0.4) is 0 Å². The Morgan fingerprint density at radius 2 is 1.93 bits per heavy atom. The summed E-state index contributed by atoms with van der Waals surface area (Å²) < 4.78 is 84.7. The van der Waals surface area contributed by atoms with Crippen molar-refractivity contribution in [1.29, 1.82) is 0 Å². The van der Waals surface area contributed by atoms with E-state index in [4.69, 9.17) is 16.6 Å². The molecule has 0 radical (unpaired) electrons. The molecule has 0 bridgehead atoms. The third-order valence-electron chi connectivity index (χ3n) is 6.67. The molecule has 1 fully saturated rings. The Morgan fingerprint density at radius 1 is 1.12 bits per heavy atom. The van der Waals surface area contributed by atoms with Gasteiger partial charge in [-0.15, -0.1) is 11.3 Å². The molecular weight excluding hydrogens is 604 g/mol. The van der Waals surface area contributed by atoms with E-state index in [1.807, 2.05) is 0 Å². The van der Waals surface area contributed by atoms with Gasteiger partial charge in [-0.1, -0.05) is 29.8 Å². The highest BCUT2D eigenvalue weighted by atomic mass is 35.5. The summed E-state index contributed by atoms with van der Waals surface area (Å²) in [5, 5.41) is 6.38. The smallest absolute Gasteiger partial charge is 0.326 e. The average molecular weight is 623 g/mol. The van der Waals surface area contributed by atoms with Gasteiger partial charge in [0.25, 0.3) is 0 Å². The standard InChI is InChI=1S/C26H19ClF4N6O2S2/c27-17-11-14(28)5-6-16(17)23-22(19-7-9-37(34-19)26(30)31)20-12-15(13-36(20)24(33-23)25-32-8-10-40-25)35-41(38,39)21-4-2-1-3-18(21)29/h1-11,15,23,26,35H,12-13H2/t15-,23-/m0/s1. The van der Waals surface area contributed by atoms with Crippen molar-refractivity contribution >= 4 is 44.4 Å². The maximum Gasteiger partial charge on any atom is 0.333 e. The second-order valence-corrected chi connectivity index (χ2v) is 12.2. The van der Waals surface area contributed by atoms with E-state index in [-0.39, 0.29) is 23.7 Å². The number of hydrogen-bond acceptors (Lipinski definition) is 7. The molecule has 8 nitrogen and oxygen atoms in total. The molecule has 6 rings (SSSR count). The molecule has 0 spiro atoms. The highest BCUT2D eigenvalue weighted by Crippen LogP contribution is 2.46. The van der Waals surface area contributed by atoms with E-state index in [1.54, 1.807) is 16.5 Å². The first-order chi connectivity index (χ1) is 19.6. The summed E-state index contributed by atoms with van der Waals surface area (Å²) in [6.45, 7) is -2.81. The molecule has 41 heavy (non-hydrogen) atoms. The van der Waals surface area contributed by atoms with Gasteiger partial charge in [0.1, 0.15) is 22.6 Å². The van der Waals surface area contributed by atoms with Gasteiger partial charge in [0, 0.05) is 58.6 Å². The lowest BCUT2D eigenvalue weighted by Crippen LogP contribution is -2.39. The monoisotopic (exact) mass is 622 g/mol. The number of aliphatic imine (C=N–C) groups is 1. The van der Waals surface area contributed by atoms with Gasteiger partial charge in [0.2, 0.25) is 10.0 Å². The summed E-state index contributed by atoms with van der Waals surface area (Å²) in [5.74, 6) is -1.07. The average Bonchev–Trinajstić information content (AvgIpc) is 3.69. The summed E-state index contributed by atoms with van der Waals surface area (Å²) >= 11 is 7.75. The minimum Gasteiger partial charge on any atom is -0.326 e. The van der Waals surface area contributed by atoms with E-state index in [0.717, 1.165) is 24.4 Å².